The zero-order valence-corrected chi connectivity index (χ0v) is 13.0. The highest BCUT2D eigenvalue weighted by molar-refractivity contribution is 5.37. The highest BCUT2D eigenvalue weighted by Crippen LogP contribution is 2.57. The standard InChI is InChI=1S/C18H27NO/c1-12-8-9-17(20-3)13(10-12)11-16(19-2)18-14-6-4-5-7-15(14)18/h8-10,14-16,18-19H,4-7,11H2,1-3H3. The quantitative estimate of drug-likeness (QED) is 0.885. The Morgan fingerprint density at radius 3 is 2.55 bits per heavy atom. The SMILES string of the molecule is CNC(Cc1cc(C)ccc1OC)C1C2CCCCC21. The zero-order chi connectivity index (χ0) is 14.1. The number of hydrogen-bond acceptors (Lipinski definition) is 2. The van der Waals surface area contributed by atoms with Gasteiger partial charge in [-0.2, -0.15) is 0 Å². The molecule has 2 fully saturated rings. The summed E-state index contributed by atoms with van der Waals surface area (Å²) in [5.74, 6) is 3.93. The van der Waals surface area contributed by atoms with Crippen molar-refractivity contribution in [3.63, 3.8) is 0 Å². The number of methoxy groups -OCH3 is 1. The lowest BCUT2D eigenvalue weighted by Gasteiger charge is -2.19. The second kappa shape index (κ2) is 5.77. The van der Waals surface area contributed by atoms with Crippen molar-refractivity contribution in [1.82, 2.24) is 5.32 Å². The minimum absolute atomic E-state index is 0.610. The molecule has 0 saturated heterocycles. The summed E-state index contributed by atoms with van der Waals surface area (Å²) in [7, 11) is 3.90. The van der Waals surface area contributed by atoms with Crippen molar-refractivity contribution in [2.45, 2.75) is 45.1 Å². The minimum Gasteiger partial charge on any atom is -0.496 e. The van der Waals surface area contributed by atoms with E-state index >= 15 is 0 Å². The number of ether oxygens (including phenoxy) is 1. The second-order valence-corrected chi connectivity index (χ2v) is 6.60. The van der Waals surface area contributed by atoms with E-state index < -0.39 is 0 Å². The molecule has 2 aliphatic rings. The normalized spacial score (nSPS) is 29.6. The first kappa shape index (κ1) is 13.9. The van der Waals surface area contributed by atoms with Crippen molar-refractivity contribution in [3.8, 4) is 5.75 Å². The van der Waals surface area contributed by atoms with E-state index in [1.54, 1.807) is 7.11 Å². The van der Waals surface area contributed by atoms with Gasteiger partial charge in [0.15, 0.2) is 0 Å². The van der Waals surface area contributed by atoms with Crippen LogP contribution in [0.2, 0.25) is 0 Å². The molecule has 3 unspecified atom stereocenters. The first-order valence-corrected chi connectivity index (χ1v) is 8.05. The molecule has 0 heterocycles. The molecule has 2 saturated carbocycles. The summed E-state index contributed by atoms with van der Waals surface area (Å²) in [6, 6.07) is 7.14. The van der Waals surface area contributed by atoms with Gasteiger partial charge in [0.1, 0.15) is 5.75 Å². The molecule has 1 N–H and O–H groups in total. The summed E-state index contributed by atoms with van der Waals surface area (Å²) >= 11 is 0. The Morgan fingerprint density at radius 2 is 1.95 bits per heavy atom. The van der Waals surface area contributed by atoms with Crippen LogP contribution in [0.25, 0.3) is 0 Å². The summed E-state index contributed by atoms with van der Waals surface area (Å²) in [6.45, 7) is 2.16. The highest BCUT2D eigenvalue weighted by atomic mass is 16.5. The molecule has 0 aromatic heterocycles. The third-order valence-corrected chi connectivity index (χ3v) is 5.43. The molecule has 2 aliphatic carbocycles. The Hall–Kier alpha value is -1.02. The molecule has 3 atom stereocenters. The van der Waals surface area contributed by atoms with Crippen molar-refractivity contribution >= 4 is 0 Å². The van der Waals surface area contributed by atoms with E-state index in [0.717, 1.165) is 29.9 Å². The molecule has 2 heteroatoms. The number of aryl methyl sites for hydroxylation is 1. The first-order chi connectivity index (χ1) is 9.74. The van der Waals surface area contributed by atoms with Crippen LogP contribution in [0, 0.1) is 24.7 Å². The van der Waals surface area contributed by atoms with Crippen LogP contribution in [0.15, 0.2) is 18.2 Å². The van der Waals surface area contributed by atoms with Crippen LogP contribution >= 0.6 is 0 Å². The maximum atomic E-state index is 5.54. The minimum atomic E-state index is 0.610. The molecule has 2 nitrogen and oxygen atoms in total. The monoisotopic (exact) mass is 273 g/mol. The molecule has 0 bridgehead atoms. The van der Waals surface area contributed by atoms with Gasteiger partial charge in [-0.3, -0.25) is 0 Å². The molecule has 20 heavy (non-hydrogen) atoms. The number of fused-ring (bicyclic) bond motifs is 1. The van der Waals surface area contributed by atoms with E-state index in [-0.39, 0.29) is 0 Å². The number of likely N-dealkylation sites (N-methyl/N-ethyl adjacent to an activating group) is 1. The number of benzene rings is 1. The molecule has 3 rings (SSSR count). The summed E-state index contributed by atoms with van der Waals surface area (Å²) in [5, 5.41) is 3.58. The molecule has 0 aliphatic heterocycles. The van der Waals surface area contributed by atoms with Crippen LogP contribution < -0.4 is 10.1 Å². The molecular formula is C18H27NO. The molecule has 1 aromatic rings. The van der Waals surface area contributed by atoms with Crippen LogP contribution in [0.3, 0.4) is 0 Å². The van der Waals surface area contributed by atoms with Crippen molar-refractivity contribution in [1.29, 1.82) is 0 Å². The van der Waals surface area contributed by atoms with Gasteiger partial charge in [-0.1, -0.05) is 30.5 Å². The van der Waals surface area contributed by atoms with E-state index in [1.165, 1.54) is 36.8 Å². The fourth-order valence-corrected chi connectivity index (χ4v) is 4.38. The fourth-order valence-electron chi connectivity index (χ4n) is 4.38. The molecular weight excluding hydrogens is 246 g/mol. The molecule has 0 amide bonds. The smallest absolute Gasteiger partial charge is 0.122 e. The van der Waals surface area contributed by atoms with E-state index in [1.807, 2.05) is 0 Å². The van der Waals surface area contributed by atoms with Gasteiger partial charge in [0.2, 0.25) is 0 Å². The van der Waals surface area contributed by atoms with Crippen molar-refractivity contribution in [2.75, 3.05) is 14.2 Å². The van der Waals surface area contributed by atoms with Crippen LogP contribution in [-0.4, -0.2) is 20.2 Å². The summed E-state index contributed by atoms with van der Waals surface area (Å²) in [6.07, 6.45) is 6.90. The predicted octanol–water partition coefficient (Wildman–Crippen LogP) is 3.57. The van der Waals surface area contributed by atoms with E-state index in [2.05, 4.69) is 37.5 Å². The Bertz CT molecular complexity index is 458. The Morgan fingerprint density at radius 1 is 1.25 bits per heavy atom. The van der Waals surface area contributed by atoms with Gasteiger partial charge in [-0.25, -0.2) is 0 Å². The van der Waals surface area contributed by atoms with Gasteiger partial charge in [0.25, 0.3) is 0 Å². The lowest BCUT2D eigenvalue weighted by Crippen LogP contribution is -2.31. The first-order valence-electron chi connectivity index (χ1n) is 8.05. The number of nitrogens with one attached hydrogen (secondary N) is 1. The van der Waals surface area contributed by atoms with Crippen molar-refractivity contribution in [3.05, 3.63) is 29.3 Å². The molecule has 0 radical (unpaired) electrons. The summed E-state index contributed by atoms with van der Waals surface area (Å²) < 4.78 is 5.54. The fraction of sp³-hybridized carbons (Fsp3) is 0.667. The zero-order valence-electron chi connectivity index (χ0n) is 13.0. The van der Waals surface area contributed by atoms with Crippen LogP contribution in [0.4, 0.5) is 0 Å². The van der Waals surface area contributed by atoms with Gasteiger partial charge in [-0.15, -0.1) is 0 Å². The lowest BCUT2D eigenvalue weighted by molar-refractivity contribution is 0.399. The average molecular weight is 273 g/mol. The number of rotatable bonds is 5. The van der Waals surface area contributed by atoms with E-state index in [0.29, 0.717) is 6.04 Å². The summed E-state index contributed by atoms with van der Waals surface area (Å²) in [4.78, 5) is 0. The van der Waals surface area contributed by atoms with Gasteiger partial charge in [0.05, 0.1) is 7.11 Å². The van der Waals surface area contributed by atoms with Gasteiger partial charge < -0.3 is 10.1 Å². The van der Waals surface area contributed by atoms with Gasteiger partial charge >= 0.3 is 0 Å². The largest absolute Gasteiger partial charge is 0.496 e. The highest BCUT2D eigenvalue weighted by Gasteiger charge is 2.53. The van der Waals surface area contributed by atoms with Crippen LogP contribution in [-0.2, 0) is 6.42 Å². The third kappa shape index (κ3) is 2.58. The molecule has 0 spiro atoms. The molecule has 110 valence electrons. The maximum Gasteiger partial charge on any atom is 0.122 e. The Balaban J connectivity index is 1.73. The topological polar surface area (TPSA) is 21.3 Å². The van der Waals surface area contributed by atoms with Crippen molar-refractivity contribution in [2.24, 2.45) is 17.8 Å². The Labute approximate surface area is 122 Å². The predicted molar refractivity (Wildman–Crippen MR) is 83.2 cm³/mol. The Kier molecular flexibility index (Phi) is 4.02. The van der Waals surface area contributed by atoms with Crippen molar-refractivity contribution < 1.29 is 4.74 Å². The third-order valence-electron chi connectivity index (χ3n) is 5.43. The van der Waals surface area contributed by atoms with E-state index in [4.69, 9.17) is 4.74 Å². The van der Waals surface area contributed by atoms with Crippen LogP contribution in [0.5, 0.6) is 5.75 Å². The lowest BCUT2D eigenvalue weighted by atomic mass is 9.98. The van der Waals surface area contributed by atoms with Crippen LogP contribution in [0.1, 0.15) is 36.8 Å². The van der Waals surface area contributed by atoms with Gasteiger partial charge in [-0.05, 0) is 62.6 Å². The maximum absolute atomic E-state index is 5.54. The van der Waals surface area contributed by atoms with Gasteiger partial charge in [0, 0.05) is 6.04 Å². The number of hydrogen-bond donors (Lipinski definition) is 1. The summed E-state index contributed by atoms with van der Waals surface area (Å²) in [5.41, 5.74) is 2.68. The van der Waals surface area contributed by atoms with E-state index in [9.17, 15) is 0 Å². The molecule has 1 aromatic carbocycles. The average Bonchev–Trinajstić information content (AvgIpc) is 3.19. The second-order valence-electron chi connectivity index (χ2n) is 6.60.